The molecule has 0 fully saturated rings. The predicted octanol–water partition coefficient (Wildman–Crippen LogP) is 3.61. The van der Waals surface area contributed by atoms with Crippen molar-refractivity contribution >= 4 is 23.4 Å². The lowest BCUT2D eigenvalue weighted by molar-refractivity contribution is 0.0515. The molecule has 0 bridgehead atoms. The number of halogens is 3. The molecule has 0 saturated carbocycles. The quantitative estimate of drug-likeness (QED) is 0.473. The van der Waals surface area contributed by atoms with Crippen molar-refractivity contribution < 1.29 is 23.1 Å². The van der Waals surface area contributed by atoms with Gasteiger partial charge in [0.05, 0.1) is 17.5 Å². The normalized spacial score (nSPS) is 12.3. The molecular formula is C13H13ClF2O3. The second kappa shape index (κ2) is 6.61. The summed E-state index contributed by atoms with van der Waals surface area (Å²) in [6, 6.07) is 3.43. The standard InChI is InChI=1S/C13H13ClF2O3/c1-3-19-13(18)9-5-4-8(11(17)7(2)14)6-10(9)12(15)16/h4-7,12H,3H2,1-2H3. The van der Waals surface area contributed by atoms with Crippen molar-refractivity contribution in [1.29, 1.82) is 0 Å². The molecule has 1 aromatic rings. The Kier molecular flexibility index (Phi) is 5.42. The van der Waals surface area contributed by atoms with Crippen LogP contribution in [0.1, 0.15) is 46.6 Å². The van der Waals surface area contributed by atoms with Crippen LogP contribution in [-0.2, 0) is 4.74 Å². The van der Waals surface area contributed by atoms with Crippen molar-refractivity contribution in [2.45, 2.75) is 25.7 Å². The number of ketones is 1. The summed E-state index contributed by atoms with van der Waals surface area (Å²) in [5.41, 5.74) is -0.719. The number of ether oxygens (including phenoxy) is 1. The van der Waals surface area contributed by atoms with Crippen LogP contribution in [0, 0.1) is 0 Å². The third-order valence-electron chi connectivity index (χ3n) is 2.43. The summed E-state index contributed by atoms with van der Waals surface area (Å²) in [7, 11) is 0. The monoisotopic (exact) mass is 290 g/mol. The minimum Gasteiger partial charge on any atom is -0.462 e. The Balaban J connectivity index is 3.22. The first-order valence-corrected chi connectivity index (χ1v) is 6.09. The second-order valence-electron chi connectivity index (χ2n) is 3.80. The maximum absolute atomic E-state index is 12.9. The molecule has 0 amide bonds. The zero-order chi connectivity index (χ0) is 14.6. The van der Waals surface area contributed by atoms with Crippen LogP contribution in [-0.4, -0.2) is 23.7 Å². The molecule has 19 heavy (non-hydrogen) atoms. The van der Waals surface area contributed by atoms with Crippen LogP contribution in [0.4, 0.5) is 8.78 Å². The lowest BCUT2D eigenvalue weighted by Crippen LogP contribution is -2.13. The molecule has 0 N–H and O–H groups in total. The molecule has 0 heterocycles. The molecule has 6 heteroatoms. The zero-order valence-corrected chi connectivity index (χ0v) is 11.2. The van der Waals surface area contributed by atoms with Crippen molar-refractivity contribution in [3.8, 4) is 0 Å². The van der Waals surface area contributed by atoms with Gasteiger partial charge in [0.2, 0.25) is 0 Å². The van der Waals surface area contributed by atoms with E-state index in [0.717, 1.165) is 12.1 Å². The molecule has 1 aromatic carbocycles. The first-order chi connectivity index (χ1) is 8.88. The largest absolute Gasteiger partial charge is 0.462 e. The zero-order valence-electron chi connectivity index (χ0n) is 10.5. The molecule has 0 spiro atoms. The molecule has 1 unspecified atom stereocenters. The summed E-state index contributed by atoms with van der Waals surface area (Å²) >= 11 is 5.62. The van der Waals surface area contributed by atoms with Crippen molar-refractivity contribution in [2.24, 2.45) is 0 Å². The van der Waals surface area contributed by atoms with Crippen molar-refractivity contribution in [2.75, 3.05) is 6.61 Å². The fourth-order valence-electron chi connectivity index (χ4n) is 1.52. The highest BCUT2D eigenvalue weighted by molar-refractivity contribution is 6.33. The van der Waals surface area contributed by atoms with Gasteiger partial charge in [-0.2, -0.15) is 0 Å². The summed E-state index contributed by atoms with van der Waals surface area (Å²) in [5.74, 6) is -1.31. The molecule has 1 atom stereocenters. The lowest BCUT2D eigenvalue weighted by Gasteiger charge is -2.10. The minimum atomic E-state index is -2.88. The van der Waals surface area contributed by atoms with Gasteiger partial charge in [-0.25, -0.2) is 13.6 Å². The van der Waals surface area contributed by atoms with E-state index in [2.05, 4.69) is 4.74 Å². The molecule has 0 radical (unpaired) electrons. The van der Waals surface area contributed by atoms with Gasteiger partial charge in [0.1, 0.15) is 0 Å². The van der Waals surface area contributed by atoms with Gasteiger partial charge in [0.25, 0.3) is 6.43 Å². The third-order valence-corrected chi connectivity index (χ3v) is 2.63. The van der Waals surface area contributed by atoms with Crippen molar-refractivity contribution in [1.82, 2.24) is 0 Å². The summed E-state index contributed by atoms with van der Waals surface area (Å²) < 4.78 is 30.5. The van der Waals surface area contributed by atoms with E-state index in [1.165, 1.54) is 13.0 Å². The SMILES string of the molecule is CCOC(=O)c1ccc(C(=O)C(C)Cl)cc1C(F)F. The van der Waals surface area contributed by atoms with Gasteiger partial charge in [0, 0.05) is 11.1 Å². The number of rotatable bonds is 5. The highest BCUT2D eigenvalue weighted by Crippen LogP contribution is 2.26. The van der Waals surface area contributed by atoms with Crippen LogP contribution in [0.2, 0.25) is 0 Å². The fraction of sp³-hybridized carbons (Fsp3) is 0.385. The number of hydrogen-bond acceptors (Lipinski definition) is 3. The maximum Gasteiger partial charge on any atom is 0.338 e. The van der Waals surface area contributed by atoms with E-state index >= 15 is 0 Å². The number of esters is 1. The van der Waals surface area contributed by atoms with Crippen LogP contribution < -0.4 is 0 Å². The van der Waals surface area contributed by atoms with Crippen LogP contribution in [0.15, 0.2) is 18.2 Å². The Morgan fingerprint density at radius 2 is 2.00 bits per heavy atom. The van der Waals surface area contributed by atoms with Gasteiger partial charge in [0.15, 0.2) is 5.78 Å². The molecule has 3 nitrogen and oxygen atoms in total. The van der Waals surface area contributed by atoms with E-state index in [1.54, 1.807) is 6.92 Å². The molecule has 0 aliphatic heterocycles. The fourth-order valence-corrected chi connectivity index (χ4v) is 1.65. The third kappa shape index (κ3) is 3.73. The molecule has 104 valence electrons. The van der Waals surface area contributed by atoms with Gasteiger partial charge in [-0.1, -0.05) is 6.07 Å². The van der Waals surface area contributed by atoms with Crippen LogP contribution in [0.3, 0.4) is 0 Å². The number of carbonyl (C=O) groups is 2. The first-order valence-electron chi connectivity index (χ1n) is 5.66. The van der Waals surface area contributed by atoms with E-state index < -0.39 is 29.1 Å². The predicted molar refractivity (Wildman–Crippen MR) is 67.0 cm³/mol. The average molecular weight is 291 g/mol. The minimum absolute atomic E-state index is 0.0471. The van der Waals surface area contributed by atoms with Gasteiger partial charge in [-0.3, -0.25) is 4.79 Å². The molecule has 1 rings (SSSR count). The first kappa shape index (κ1) is 15.6. The van der Waals surface area contributed by atoms with E-state index in [0.29, 0.717) is 0 Å². The van der Waals surface area contributed by atoms with Crippen LogP contribution >= 0.6 is 11.6 Å². The van der Waals surface area contributed by atoms with Gasteiger partial charge < -0.3 is 4.74 Å². The van der Waals surface area contributed by atoms with Gasteiger partial charge in [-0.05, 0) is 26.0 Å². The Morgan fingerprint density at radius 1 is 1.37 bits per heavy atom. The molecule has 0 aliphatic carbocycles. The molecule has 0 saturated heterocycles. The Labute approximate surface area is 114 Å². The molecule has 0 aliphatic rings. The Bertz CT molecular complexity index is 487. The van der Waals surface area contributed by atoms with Crippen molar-refractivity contribution in [3.63, 3.8) is 0 Å². The number of benzene rings is 1. The smallest absolute Gasteiger partial charge is 0.338 e. The average Bonchev–Trinajstić information content (AvgIpc) is 2.37. The van der Waals surface area contributed by atoms with Crippen molar-refractivity contribution in [3.05, 3.63) is 34.9 Å². The molecule has 0 aromatic heterocycles. The number of hydrogen-bond donors (Lipinski definition) is 0. The number of carbonyl (C=O) groups excluding carboxylic acids is 2. The van der Waals surface area contributed by atoms with Crippen LogP contribution in [0.5, 0.6) is 0 Å². The summed E-state index contributed by atoms with van der Waals surface area (Å²) in [6.45, 7) is 3.11. The summed E-state index contributed by atoms with van der Waals surface area (Å²) in [4.78, 5) is 23.2. The lowest BCUT2D eigenvalue weighted by atomic mass is 10.0. The summed E-state index contributed by atoms with van der Waals surface area (Å²) in [6.07, 6.45) is -2.88. The maximum atomic E-state index is 12.9. The van der Waals surface area contributed by atoms with Gasteiger partial charge in [-0.15, -0.1) is 11.6 Å². The van der Waals surface area contributed by atoms with E-state index in [1.807, 2.05) is 0 Å². The molecular weight excluding hydrogens is 278 g/mol. The van der Waals surface area contributed by atoms with Crippen LogP contribution in [0.25, 0.3) is 0 Å². The van der Waals surface area contributed by atoms with E-state index in [-0.39, 0.29) is 17.7 Å². The number of alkyl halides is 3. The number of Topliss-reactive ketones (excluding diaryl/α,β-unsaturated/α-hetero) is 1. The van der Waals surface area contributed by atoms with Gasteiger partial charge >= 0.3 is 5.97 Å². The van der Waals surface area contributed by atoms with E-state index in [4.69, 9.17) is 11.6 Å². The Hall–Kier alpha value is -1.49. The summed E-state index contributed by atoms with van der Waals surface area (Å²) in [5, 5.41) is -0.820. The highest BCUT2D eigenvalue weighted by atomic mass is 35.5. The second-order valence-corrected chi connectivity index (χ2v) is 4.46. The Morgan fingerprint density at radius 3 is 2.47 bits per heavy atom. The van der Waals surface area contributed by atoms with E-state index in [9.17, 15) is 18.4 Å². The topological polar surface area (TPSA) is 43.4 Å². The highest BCUT2D eigenvalue weighted by Gasteiger charge is 2.22.